The lowest BCUT2D eigenvalue weighted by molar-refractivity contribution is 0.0947. The Hall–Kier alpha value is -1.11. The van der Waals surface area contributed by atoms with Crippen LogP contribution in [-0.2, 0) is 21.2 Å². The Bertz CT molecular complexity index is 609. The molecule has 0 radical (unpaired) electrons. The van der Waals surface area contributed by atoms with E-state index in [2.05, 4.69) is 5.32 Å². The van der Waals surface area contributed by atoms with E-state index in [9.17, 15) is 8.42 Å². The van der Waals surface area contributed by atoms with Gasteiger partial charge in [0.2, 0.25) is 10.0 Å². The maximum absolute atomic E-state index is 12.8. The van der Waals surface area contributed by atoms with E-state index in [1.54, 1.807) is 6.07 Å². The molecule has 0 amide bonds. The second kappa shape index (κ2) is 5.94. The van der Waals surface area contributed by atoms with Crippen LogP contribution >= 0.6 is 0 Å². The Balaban J connectivity index is 1.83. The van der Waals surface area contributed by atoms with Crippen LogP contribution in [0.4, 0.5) is 5.69 Å². The summed E-state index contributed by atoms with van der Waals surface area (Å²) < 4.78 is 32.7. The molecule has 2 aliphatic heterocycles. The molecule has 1 aromatic carbocycles. The van der Waals surface area contributed by atoms with E-state index < -0.39 is 10.0 Å². The summed E-state index contributed by atoms with van der Waals surface area (Å²) in [6.07, 6.45) is 2.89. The Morgan fingerprint density at radius 3 is 3.00 bits per heavy atom. The number of likely N-dealkylation sites (N-methyl/N-ethyl adjacent to an activating group) is 1. The summed E-state index contributed by atoms with van der Waals surface area (Å²) in [6, 6.07) is 5.38. The van der Waals surface area contributed by atoms with Crippen LogP contribution in [0.2, 0.25) is 0 Å². The number of ether oxygens (including phenoxy) is 1. The molecule has 2 aliphatic rings. The van der Waals surface area contributed by atoms with Gasteiger partial charge in [-0.05, 0) is 43.0 Å². The highest BCUT2D eigenvalue weighted by Crippen LogP contribution is 2.27. The number of hydrogen-bond donors (Lipinski definition) is 1. The van der Waals surface area contributed by atoms with E-state index in [1.165, 1.54) is 4.31 Å². The second-order valence-electron chi connectivity index (χ2n) is 5.59. The third-order valence-electron chi connectivity index (χ3n) is 4.21. The zero-order chi connectivity index (χ0) is 14.9. The van der Waals surface area contributed by atoms with Crippen molar-refractivity contribution in [3.05, 3.63) is 23.8 Å². The van der Waals surface area contributed by atoms with E-state index in [1.807, 2.05) is 19.1 Å². The largest absolute Gasteiger partial charge is 0.384 e. The van der Waals surface area contributed by atoms with Crippen molar-refractivity contribution in [1.82, 2.24) is 4.31 Å². The molecule has 0 bridgehead atoms. The molecular weight excluding hydrogens is 288 g/mol. The van der Waals surface area contributed by atoms with Crippen molar-refractivity contribution in [2.45, 2.75) is 37.2 Å². The zero-order valence-corrected chi connectivity index (χ0v) is 13.2. The van der Waals surface area contributed by atoms with Crippen molar-refractivity contribution in [2.24, 2.45) is 0 Å². The molecule has 0 aliphatic carbocycles. The van der Waals surface area contributed by atoms with Crippen molar-refractivity contribution in [2.75, 3.05) is 31.6 Å². The summed E-state index contributed by atoms with van der Waals surface area (Å²) in [6.45, 7) is 4.42. The highest BCUT2D eigenvalue weighted by atomic mass is 32.2. The first-order valence-electron chi connectivity index (χ1n) is 7.60. The fourth-order valence-corrected chi connectivity index (χ4v) is 4.54. The lowest BCUT2D eigenvalue weighted by Crippen LogP contribution is -2.37. The molecule has 2 heterocycles. The minimum Gasteiger partial charge on any atom is -0.384 e. The highest BCUT2D eigenvalue weighted by Gasteiger charge is 2.28. The van der Waals surface area contributed by atoms with Crippen molar-refractivity contribution in [3.63, 3.8) is 0 Å². The quantitative estimate of drug-likeness (QED) is 0.901. The molecule has 1 saturated heterocycles. The summed E-state index contributed by atoms with van der Waals surface area (Å²) in [5.41, 5.74) is 2.14. The first-order chi connectivity index (χ1) is 10.1. The van der Waals surface area contributed by atoms with Crippen LogP contribution < -0.4 is 5.32 Å². The molecule has 1 aromatic rings. The summed E-state index contributed by atoms with van der Waals surface area (Å²) in [4.78, 5) is 0.393. The van der Waals surface area contributed by atoms with Gasteiger partial charge in [0.15, 0.2) is 0 Å². The van der Waals surface area contributed by atoms with Gasteiger partial charge in [-0.25, -0.2) is 8.42 Å². The Morgan fingerprint density at radius 2 is 2.29 bits per heavy atom. The Labute approximate surface area is 126 Å². The summed E-state index contributed by atoms with van der Waals surface area (Å²) in [7, 11) is -3.43. The van der Waals surface area contributed by atoms with E-state index in [0.29, 0.717) is 18.0 Å². The van der Waals surface area contributed by atoms with Crippen molar-refractivity contribution < 1.29 is 13.2 Å². The van der Waals surface area contributed by atoms with Crippen molar-refractivity contribution >= 4 is 15.7 Å². The number of hydrogen-bond acceptors (Lipinski definition) is 4. The molecule has 1 atom stereocenters. The third kappa shape index (κ3) is 2.93. The smallest absolute Gasteiger partial charge is 0.243 e. The van der Waals surface area contributed by atoms with Gasteiger partial charge in [-0.2, -0.15) is 4.31 Å². The van der Waals surface area contributed by atoms with Gasteiger partial charge in [0.05, 0.1) is 11.0 Å². The van der Waals surface area contributed by atoms with Crippen LogP contribution in [0.3, 0.4) is 0 Å². The van der Waals surface area contributed by atoms with Gasteiger partial charge in [-0.3, -0.25) is 0 Å². The molecule has 0 aromatic heterocycles. The van der Waals surface area contributed by atoms with Crippen LogP contribution in [-0.4, -0.2) is 45.1 Å². The second-order valence-corrected chi connectivity index (χ2v) is 7.52. The number of anilines is 1. The van der Waals surface area contributed by atoms with Crippen LogP contribution in [0, 0.1) is 0 Å². The van der Waals surface area contributed by atoms with Gasteiger partial charge >= 0.3 is 0 Å². The lowest BCUT2D eigenvalue weighted by atomic mass is 10.2. The van der Waals surface area contributed by atoms with E-state index in [4.69, 9.17) is 4.74 Å². The van der Waals surface area contributed by atoms with Gasteiger partial charge in [0, 0.05) is 31.9 Å². The van der Waals surface area contributed by atoms with E-state index in [-0.39, 0.29) is 6.10 Å². The normalized spacial score (nSPS) is 21.5. The molecular formula is C15H22N2O3S. The number of nitrogens with one attached hydrogen (secondary N) is 1. The standard InChI is InChI=1S/C15H22N2O3S/c1-2-17(11-13-4-3-9-20-13)21(18,19)14-5-6-15-12(10-14)7-8-16-15/h5-6,10,13,16H,2-4,7-9,11H2,1H3. The predicted octanol–water partition coefficient (Wildman–Crippen LogP) is 1.84. The highest BCUT2D eigenvalue weighted by molar-refractivity contribution is 7.89. The Kier molecular flexibility index (Phi) is 4.19. The fraction of sp³-hybridized carbons (Fsp3) is 0.600. The van der Waals surface area contributed by atoms with Crippen molar-refractivity contribution in [1.29, 1.82) is 0 Å². The maximum Gasteiger partial charge on any atom is 0.243 e. The maximum atomic E-state index is 12.8. The number of nitrogens with zero attached hydrogens (tertiary/aromatic N) is 1. The molecule has 5 nitrogen and oxygen atoms in total. The first kappa shape index (κ1) is 14.8. The average Bonchev–Trinajstić information content (AvgIpc) is 3.14. The number of rotatable bonds is 5. The zero-order valence-electron chi connectivity index (χ0n) is 12.3. The van der Waals surface area contributed by atoms with Gasteiger partial charge in [-0.15, -0.1) is 0 Å². The average molecular weight is 310 g/mol. The number of fused-ring (bicyclic) bond motifs is 1. The van der Waals surface area contributed by atoms with Gasteiger partial charge in [-0.1, -0.05) is 6.92 Å². The van der Waals surface area contributed by atoms with Gasteiger partial charge in [0.1, 0.15) is 0 Å². The Morgan fingerprint density at radius 1 is 1.43 bits per heavy atom. The molecule has 3 rings (SSSR count). The third-order valence-corrected chi connectivity index (χ3v) is 6.14. The monoisotopic (exact) mass is 310 g/mol. The first-order valence-corrected chi connectivity index (χ1v) is 9.04. The molecule has 21 heavy (non-hydrogen) atoms. The van der Waals surface area contributed by atoms with E-state index in [0.717, 1.165) is 43.7 Å². The van der Waals surface area contributed by atoms with Crippen molar-refractivity contribution in [3.8, 4) is 0 Å². The van der Waals surface area contributed by atoms with Gasteiger partial charge < -0.3 is 10.1 Å². The topological polar surface area (TPSA) is 58.6 Å². The summed E-state index contributed by atoms with van der Waals surface area (Å²) in [5, 5.41) is 3.25. The molecule has 0 saturated carbocycles. The molecule has 1 N–H and O–H groups in total. The molecule has 116 valence electrons. The molecule has 1 fully saturated rings. The number of sulfonamides is 1. The van der Waals surface area contributed by atoms with Crippen LogP contribution in [0.25, 0.3) is 0 Å². The lowest BCUT2D eigenvalue weighted by Gasteiger charge is -2.23. The summed E-state index contributed by atoms with van der Waals surface area (Å²) in [5.74, 6) is 0. The fourth-order valence-electron chi connectivity index (χ4n) is 3.00. The van der Waals surface area contributed by atoms with Gasteiger partial charge in [0.25, 0.3) is 0 Å². The van der Waals surface area contributed by atoms with Crippen LogP contribution in [0.1, 0.15) is 25.3 Å². The number of benzene rings is 1. The molecule has 0 spiro atoms. The van der Waals surface area contributed by atoms with Crippen LogP contribution in [0.15, 0.2) is 23.1 Å². The minimum atomic E-state index is -3.43. The van der Waals surface area contributed by atoms with Crippen LogP contribution in [0.5, 0.6) is 0 Å². The molecule has 6 heteroatoms. The molecule has 1 unspecified atom stereocenters. The predicted molar refractivity (Wildman–Crippen MR) is 82.0 cm³/mol. The minimum absolute atomic E-state index is 0.0378. The SMILES string of the molecule is CCN(CC1CCCO1)S(=O)(=O)c1ccc2c(c1)CCN2. The summed E-state index contributed by atoms with van der Waals surface area (Å²) >= 11 is 0. The van der Waals surface area contributed by atoms with E-state index >= 15 is 0 Å².